The van der Waals surface area contributed by atoms with Crippen LogP contribution in [0.25, 0.3) is 0 Å². The fourth-order valence-corrected chi connectivity index (χ4v) is 2.66. The summed E-state index contributed by atoms with van der Waals surface area (Å²) in [5, 5.41) is 0. The lowest BCUT2D eigenvalue weighted by Crippen LogP contribution is -2.48. The maximum atomic E-state index is 6.06. The zero-order valence-electron chi connectivity index (χ0n) is 8.29. The Bertz CT molecular complexity index is 120. The van der Waals surface area contributed by atoms with Gasteiger partial charge in [0.15, 0.2) is 0 Å². The monoisotopic (exact) mass is 170 g/mol. The van der Waals surface area contributed by atoms with Crippen molar-refractivity contribution in [2.45, 2.75) is 51.6 Å². The van der Waals surface area contributed by atoms with Crippen LogP contribution >= 0.6 is 0 Å². The van der Waals surface area contributed by atoms with E-state index in [0.29, 0.717) is 23.9 Å². The molecule has 12 heavy (non-hydrogen) atoms. The van der Waals surface area contributed by atoms with Crippen LogP contribution in [0.5, 0.6) is 0 Å². The zero-order chi connectivity index (χ0) is 9.14. The van der Waals surface area contributed by atoms with E-state index in [1.54, 1.807) is 0 Å². The van der Waals surface area contributed by atoms with E-state index in [4.69, 9.17) is 11.5 Å². The molecule has 2 heteroatoms. The van der Waals surface area contributed by atoms with Crippen LogP contribution < -0.4 is 11.5 Å². The van der Waals surface area contributed by atoms with Gasteiger partial charge in [0, 0.05) is 12.1 Å². The number of hydrogen-bond acceptors (Lipinski definition) is 2. The molecule has 1 rings (SSSR count). The van der Waals surface area contributed by atoms with Crippen molar-refractivity contribution in [1.29, 1.82) is 0 Å². The van der Waals surface area contributed by atoms with Gasteiger partial charge in [-0.25, -0.2) is 0 Å². The molecule has 4 atom stereocenters. The molecule has 72 valence electrons. The van der Waals surface area contributed by atoms with Crippen LogP contribution in [0.4, 0.5) is 0 Å². The van der Waals surface area contributed by atoms with E-state index in [1.165, 1.54) is 12.8 Å². The Morgan fingerprint density at radius 3 is 1.50 bits per heavy atom. The maximum absolute atomic E-state index is 6.06. The van der Waals surface area contributed by atoms with Crippen molar-refractivity contribution in [1.82, 2.24) is 0 Å². The van der Waals surface area contributed by atoms with Gasteiger partial charge in [0.1, 0.15) is 0 Å². The third kappa shape index (κ3) is 1.80. The maximum Gasteiger partial charge on any atom is 0.00708 e. The van der Waals surface area contributed by atoms with E-state index < -0.39 is 0 Å². The summed E-state index contributed by atoms with van der Waals surface area (Å²) >= 11 is 0. The third-order valence-electron chi connectivity index (χ3n) is 3.43. The van der Waals surface area contributed by atoms with Crippen LogP contribution in [0.15, 0.2) is 0 Å². The van der Waals surface area contributed by atoms with E-state index in [2.05, 4.69) is 13.8 Å². The smallest absolute Gasteiger partial charge is 0.00708 e. The molecule has 1 aliphatic carbocycles. The van der Waals surface area contributed by atoms with Crippen molar-refractivity contribution in [2.75, 3.05) is 0 Å². The molecule has 0 aromatic carbocycles. The molecule has 0 heterocycles. The van der Waals surface area contributed by atoms with E-state index >= 15 is 0 Å². The minimum Gasteiger partial charge on any atom is -0.327 e. The van der Waals surface area contributed by atoms with Gasteiger partial charge in [0.2, 0.25) is 0 Å². The molecule has 0 amide bonds. The van der Waals surface area contributed by atoms with Crippen molar-refractivity contribution >= 4 is 0 Å². The lowest BCUT2D eigenvalue weighted by atomic mass is 9.71. The number of nitrogens with two attached hydrogens (primary N) is 2. The SMILES string of the molecule is CCC1C(N)CCC(N)C1CC. The van der Waals surface area contributed by atoms with E-state index in [0.717, 1.165) is 12.8 Å². The molecule has 1 aliphatic rings. The molecule has 0 aromatic rings. The van der Waals surface area contributed by atoms with Crippen molar-refractivity contribution in [3.8, 4) is 0 Å². The summed E-state index contributed by atoms with van der Waals surface area (Å²) in [6, 6.07) is 0.805. The van der Waals surface area contributed by atoms with Crippen molar-refractivity contribution in [2.24, 2.45) is 23.3 Å². The molecule has 2 nitrogen and oxygen atoms in total. The molecule has 0 saturated heterocycles. The molecule has 0 bridgehead atoms. The summed E-state index contributed by atoms with van der Waals surface area (Å²) in [6.45, 7) is 4.45. The predicted molar refractivity (Wildman–Crippen MR) is 52.7 cm³/mol. The normalized spacial score (nSPS) is 43.0. The van der Waals surface area contributed by atoms with Gasteiger partial charge < -0.3 is 11.5 Å². The molecule has 0 aromatic heterocycles. The van der Waals surface area contributed by atoms with E-state index in [-0.39, 0.29) is 0 Å². The van der Waals surface area contributed by atoms with Crippen LogP contribution in [-0.2, 0) is 0 Å². The Hall–Kier alpha value is -0.0800. The Labute approximate surface area is 75.7 Å². The second-order valence-corrected chi connectivity index (χ2v) is 4.05. The highest BCUT2D eigenvalue weighted by Gasteiger charge is 2.33. The van der Waals surface area contributed by atoms with Gasteiger partial charge in [-0.3, -0.25) is 0 Å². The summed E-state index contributed by atoms with van der Waals surface area (Å²) < 4.78 is 0. The quantitative estimate of drug-likeness (QED) is 0.659. The van der Waals surface area contributed by atoms with Crippen LogP contribution in [0.2, 0.25) is 0 Å². The molecule has 1 fully saturated rings. The standard InChI is InChI=1S/C10H22N2/c1-3-7-8(4-2)10(12)6-5-9(7)11/h7-10H,3-6,11-12H2,1-2H3. The summed E-state index contributed by atoms with van der Waals surface area (Å²) in [5.74, 6) is 1.33. The minimum atomic E-state index is 0.403. The third-order valence-corrected chi connectivity index (χ3v) is 3.43. The van der Waals surface area contributed by atoms with Gasteiger partial charge in [0.25, 0.3) is 0 Å². The van der Waals surface area contributed by atoms with Crippen LogP contribution in [-0.4, -0.2) is 12.1 Å². The summed E-state index contributed by atoms with van der Waals surface area (Å²) in [6.07, 6.45) is 4.62. The molecule has 4 unspecified atom stereocenters. The number of hydrogen-bond donors (Lipinski definition) is 2. The summed E-state index contributed by atoms with van der Waals surface area (Å²) in [7, 11) is 0. The molecular weight excluding hydrogens is 148 g/mol. The molecular formula is C10H22N2. The summed E-state index contributed by atoms with van der Waals surface area (Å²) in [5.41, 5.74) is 12.1. The van der Waals surface area contributed by atoms with Crippen LogP contribution in [0.1, 0.15) is 39.5 Å². The van der Waals surface area contributed by atoms with Crippen LogP contribution in [0.3, 0.4) is 0 Å². The van der Waals surface area contributed by atoms with Crippen molar-refractivity contribution < 1.29 is 0 Å². The molecule has 1 saturated carbocycles. The number of rotatable bonds is 2. The Morgan fingerprint density at radius 1 is 0.917 bits per heavy atom. The van der Waals surface area contributed by atoms with Gasteiger partial charge in [0.05, 0.1) is 0 Å². The first-order valence-electron chi connectivity index (χ1n) is 5.21. The molecule has 4 N–H and O–H groups in total. The van der Waals surface area contributed by atoms with Crippen LogP contribution in [0, 0.1) is 11.8 Å². The zero-order valence-corrected chi connectivity index (χ0v) is 8.29. The highest BCUT2D eigenvalue weighted by Crippen LogP contribution is 2.32. The lowest BCUT2D eigenvalue weighted by Gasteiger charge is -2.39. The fourth-order valence-electron chi connectivity index (χ4n) is 2.66. The van der Waals surface area contributed by atoms with Gasteiger partial charge in [-0.1, -0.05) is 26.7 Å². The second-order valence-electron chi connectivity index (χ2n) is 4.05. The van der Waals surface area contributed by atoms with Crippen molar-refractivity contribution in [3.05, 3.63) is 0 Å². The highest BCUT2D eigenvalue weighted by molar-refractivity contribution is 4.90. The molecule has 0 spiro atoms. The van der Waals surface area contributed by atoms with Gasteiger partial charge in [-0.05, 0) is 24.7 Å². The van der Waals surface area contributed by atoms with E-state index in [9.17, 15) is 0 Å². The first-order chi connectivity index (χ1) is 5.70. The molecule has 0 radical (unpaired) electrons. The van der Waals surface area contributed by atoms with Gasteiger partial charge >= 0.3 is 0 Å². The van der Waals surface area contributed by atoms with Crippen molar-refractivity contribution in [3.63, 3.8) is 0 Å². The molecule has 0 aliphatic heterocycles. The predicted octanol–water partition coefficient (Wildman–Crippen LogP) is 1.49. The van der Waals surface area contributed by atoms with E-state index in [1.807, 2.05) is 0 Å². The minimum absolute atomic E-state index is 0.403. The van der Waals surface area contributed by atoms with Gasteiger partial charge in [-0.2, -0.15) is 0 Å². The first kappa shape index (κ1) is 10.0. The highest BCUT2D eigenvalue weighted by atomic mass is 14.7. The first-order valence-corrected chi connectivity index (χ1v) is 5.21. The Balaban J connectivity index is 2.61. The topological polar surface area (TPSA) is 52.0 Å². The lowest BCUT2D eigenvalue weighted by molar-refractivity contribution is 0.166. The average Bonchev–Trinajstić information content (AvgIpc) is 2.08. The second kappa shape index (κ2) is 4.24. The average molecular weight is 170 g/mol. The summed E-state index contributed by atoms with van der Waals surface area (Å²) in [4.78, 5) is 0. The fraction of sp³-hybridized carbons (Fsp3) is 1.00. The van der Waals surface area contributed by atoms with Gasteiger partial charge in [-0.15, -0.1) is 0 Å². The Morgan fingerprint density at radius 2 is 1.25 bits per heavy atom. The Kier molecular flexibility index (Phi) is 3.53. The largest absolute Gasteiger partial charge is 0.327 e.